The number of nitrogens with zero attached hydrogens (tertiary/aromatic N) is 1. The molecule has 210 valence electrons. The van der Waals surface area contributed by atoms with E-state index in [1.165, 1.54) is 13.2 Å². The summed E-state index contributed by atoms with van der Waals surface area (Å²) in [5.74, 6) is 1.89. The number of nitrogens with one attached hydrogen (secondary N) is 2. The highest BCUT2D eigenvalue weighted by Gasteiger charge is 2.55. The van der Waals surface area contributed by atoms with Gasteiger partial charge in [-0.2, -0.15) is 0 Å². The first-order chi connectivity index (χ1) is 19.3. The summed E-state index contributed by atoms with van der Waals surface area (Å²) in [6.45, 7) is 2.58. The molecule has 3 aliphatic rings. The van der Waals surface area contributed by atoms with E-state index in [1.807, 2.05) is 35.2 Å². The lowest BCUT2D eigenvalue weighted by molar-refractivity contribution is -0.126. The summed E-state index contributed by atoms with van der Waals surface area (Å²) in [5.41, 5.74) is 2.19. The Bertz CT molecular complexity index is 1530. The van der Waals surface area contributed by atoms with Crippen LogP contribution in [-0.4, -0.2) is 48.2 Å². The number of anilines is 2. The monoisotopic (exact) mass is 563 g/mol. The first-order valence-corrected chi connectivity index (χ1v) is 15.0. The predicted octanol–water partition coefficient (Wildman–Crippen LogP) is 4.07. The van der Waals surface area contributed by atoms with E-state index in [4.69, 9.17) is 14.2 Å². The number of sulfonamides is 1. The van der Waals surface area contributed by atoms with Gasteiger partial charge in [-0.15, -0.1) is 0 Å². The number of hydrogen-bond acceptors (Lipinski definition) is 7. The zero-order valence-corrected chi connectivity index (χ0v) is 23.4. The molecule has 1 aliphatic carbocycles. The Morgan fingerprint density at radius 1 is 1.00 bits per heavy atom. The minimum absolute atomic E-state index is 0.0319. The summed E-state index contributed by atoms with van der Waals surface area (Å²) in [6, 6.07) is 17.7. The van der Waals surface area contributed by atoms with Gasteiger partial charge in [-0.05, 0) is 54.3 Å². The number of methoxy groups -OCH3 is 2. The molecule has 10 heteroatoms. The Morgan fingerprint density at radius 3 is 2.38 bits per heavy atom. The number of fused-ring (bicyclic) bond motifs is 2. The SMILES string of the molecule is COc1ccc(CN2C(=O)C3(CCC3)c3cc(NS(=O)(=O)c4ccccc4OC)cc(OCC4CNC4)c32)cc1. The second kappa shape index (κ2) is 10.3. The molecule has 2 heterocycles. The number of para-hydroxylation sites is 1. The van der Waals surface area contributed by atoms with Crippen LogP contribution in [0.25, 0.3) is 0 Å². The number of rotatable bonds is 10. The van der Waals surface area contributed by atoms with Gasteiger partial charge in [0.1, 0.15) is 22.1 Å². The van der Waals surface area contributed by atoms with Crippen LogP contribution < -0.4 is 29.1 Å². The van der Waals surface area contributed by atoms with Crippen molar-refractivity contribution in [2.24, 2.45) is 5.92 Å². The van der Waals surface area contributed by atoms with E-state index >= 15 is 0 Å². The van der Waals surface area contributed by atoms with Gasteiger partial charge in [0.2, 0.25) is 5.91 Å². The van der Waals surface area contributed by atoms with Gasteiger partial charge >= 0.3 is 0 Å². The maximum absolute atomic E-state index is 14.0. The van der Waals surface area contributed by atoms with Crippen molar-refractivity contribution >= 4 is 27.3 Å². The Labute approximate surface area is 234 Å². The van der Waals surface area contributed by atoms with Gasteiger partial charge in [0, 0.05) is 25.1 Å². The Morgan fingerprint density at radius 2 is 1.75 bits per heavy atom. The smallest absolute Gasteiger partial charge is 0.265 e. The number of amides is 1. The van der Waals surface area contributed by atoms with E-state index in [-0.39, 0.29) is 16.6 Å². The zero-order chi connectivity index (χ0) is 27.9. The molecule has 40 heavy (non-hydrogen) atoms. The first kappa shape index (κ1) is 26.5. The Hall–Kier alpha value is -3.76. The molecular weight excluding hydrogens is 530 g/mol. The van der Waals surface area contributed by atoms with Crippen LogP contribution in [0.2, 0.25) is 0 Å². The van der Waals surface area contributed by atoms with Gasteiger partial charge in [-0.25, -0.2) is 8.42 Å². The maximum Gasteiger partial charge on any atom is 0.265 e. The zero-order valence-electron chi connectivity index (χ0n) is 22.6. The van der Waals surface area contributed by atoms with Crippen LogP contribution in [0, 0.1) is 5.92 Å². The number of hydrogen-bond donors (Lipinski definition) is 2. The third kappa shape index (κ3) is 4.54. The van der Waals surface area contributed by atoms with Crippen LogP contribution in [0.15, 0.2) is 65.6 Å². The van der Waals surface area contributed by atoms with Crippen LogP contribution >= 0.6 is 0 Å². The van der Waals surface area contributed by atoms with Crippen molar-refractivity contribution in [2.45, 2.75) is 36.1 Å². The summed E-state index contributed by atoms with van der Waals surface area (Å²) < 4.78 is 46.6. The molecular formula is C30H33N3O6S. The summed E-state index contributed by atoms with van der Waals surface area (Å²) >= 11 is 0. The number of ether oxygens (including phenoxy) is 3. The normalized spacial score (nSPS) is 17.6. The van der Waals surface area contributed by atoms with Crippen molar-refractivity contribution in [3.63, 3.8) is 0 Å². The molecule has 3 aromatic carbocycles. The van der Waals surface area contributed by atoms with E-state index in [1.54, 1.807) is 31.4 Å². The topological polar surface area (TPSA) is 106 Å². The molecule has 0 atom stereocenters. The van der Waals surface area contributed by atoms with Gasteiger partial charge in [0.25, 0.3) is 10.0 Å². The molecule has 1 saturated heterocycles. The standard InChI is InChI=1S/C30H33N3O6S/c1-37-23-10-8-20(9-11-23)18-33-28-24(30(29(33)34)12-5-13-30)14-22(15-26(28)39-19-21-16-31-17-21)32-40(35,36)27-7-4-3-6-25(27)38-2/h3-4,6-11,14-15,21,31-32H,5,12-13,16-19H2,1-2H3. The van der Waals surface area contributed by atoms with Gasteiger partial charge in [0.05, 0.1) is 44.2 Å². The summed E-state index contributed by atoms with van der Waals surface area (Å²) in [5, 5.41) is 3.25. The molecule has 2 N–H and O–H groups in total. The maximum atomic E-state index is 14.0. The van der Waals surface area contributed by atoms with Crippen molar-refractivity contribution in [3.8, 4) is 17.2 Å². The predicted molar refractivity (Wildman–Crippen MR) is 152 cm³/mol. The number of benzene rings is 3. The van der Waals surface area contributed by atoms with E-state index in [2.05, 4.69) is 10.0 Å². The number of carbonyl (C=O) groups excluding carboxylic acids is 1. The lowest BCUT2D eigenvalue weighted by Crippen LogP contribution is -2.45. The molecule has 6 rings (SSSR count). The molecule has 0 bridgehead atoms. The minimum atomic E-state index is -3.97. The molecule has 0 aromatic heterocycles. The molecule has 2 fully saturated rings. The van der Waals surface area contributed by atoms with Gasteiger partial charge in [-0.1, -0.05) is 30.7 Å². The fourth-order valence-corrected chi connectivity index (χ4v) is 6.91. The highest BCUT2D eigenvalue weighted by molar-refractivity contribution is 7.92. The molecule has 0 unspecified atom stereocenters. The molecule has 0 radical (unpaired) electrons. The van der Waals surface area contributed by atoms with Crippen molar-refractivity contribution in [1.29, 1.82) is 0 Å². The summed E-state index contributed by atoms with van der Waals surface area (Å²) in [4.78, 5) is 15.9. The molecule has 1 saturated carbocycles. The molecule has 1 spiro atoms. The molecule has 2 aliphatic heterocycles. The van der Waals surface area contributed by atoms with Crippen molar-refractivity contribution in [1.82, 2.24) is 5.32 Å². The van der Waals surface area contributed by atoms with Crippen LogP contribution in [0.5, 0.6) is 17.2 Å². The third-order valence-corrected chi connectivity index (χ3v) is 9.59. The largest absolute Gasteiger partial charge is 0.497 e. The van der Waals surface area contributed by atoms with Crippen molar-refractivity contribution in [2.75, 3.05) is 43.5 Å². The average Bonchev–Trinajstić information content (AvgIpc) is 3.15. The first-order valence-electron chi connectivity index (χ1n) is 13.5. The lowest BCUT2D eigenvalue weighted by atomic mass is 9.65. The van der Waals surface area contributed by atoms with Gasteiger partial charge in [-0.3, -0.25) is 9.52 Å². The van der Waals surface area contributed by atoms with Crippen LogP contribution in [-0.2, 0) is 26.8 Å². The van der Waals surface area contributed by atoms with E-state index in [0.29, 0.717) is 43.3 Å². The highest BCUT2D eigenvalue weighted by Crippen LogP contribution is 2.57. The van der Waals surface area contributed by atoms with Crippen LogP contribution in [0.1, 0.15) is 30.4 Å². The molecule has 3 aromatic rings. The third-order valence-electron chi connectivity index (χ3n) is 8.17. The van der Waals surface area contributed by atoms with E-state index in [9.17, 15) is 13.2 Å². The van der Waals surface area contributed by atoms with Gasteiger partial charge < -0.3 is 24.4 Å². The van der Waals surface area contributed by atoms with Crippen LogP contribution in [0.3, 0.4) is 0 Å². The minimum Gasteiger partial charge on any atom is -0.497 e. The Kier molecular flexibility index (Phi) is 6.83. The highest BCUT2D eigenvalue weighted by atomic mass is 32.2. The molecule has 1 amide bonds. The van der Waals surface area contributed by atoms with E-state index < -0.39 is 15.4 Å². The molecule has 9 nitrogen and oxygen atoms in total. The summed E-state index contributed by atoms with van der Waals surface area (Å²) in [6.07, 6.45) is 2.36. The lowest BCUT2D eigenvalue weighted by Gasteiger charge is -2.37. The van der Waals surface area contributed by atoms with Gasteiger partial charge in [0.15, 0.2) is 0 Å². The average molecular weight is 564 g/mol. The van der Waals surface area contributed by atoms with Crippen molar-refractivity contribution < 1.29 is 27.4 Å². The fourth-order valence-electron chi connectivity index (χ4n) is 5.70. The van der Waals surface area contributed by atoms with E-state index in [0.717, 1.165) is 42.1 Å². The Balaban J connectivity index is 1.41. The second-order valence-electron chi connectivity index (χ2n) is 10.6. The fraction of sp³-hybridized carbons (Fsp3) is 0.367. The second-order valence-corrected chi connectivity index (χ2v) is 12.3. The van der Waals surface area contributed by atoms with Crippen molar-refractivity contribution in [3.05, 3.63) is 71.8 Å². The van der Waals surface area contributed by atoms with Crippen LogP contribution in [0.4, 0.5) is 11.4 Å². The summed E-state index contributed by atoms with van der Waals surface area (Å²) in [7, 11) is -0.914. The quantitative estimate of drug-likeness (QED) is 0.383. The number of carbonyl (C=O) groups is 1.